The molecule has 15 heavy (non-hydrogen) atoms. The number of hydrogen-bond donors (Lipinski definition) is 0. The molecule has 5 heteroatoms. The molecule has 2 saturated heterocycles. The summed E-state index contributed by atoms with van der Waals surface area (Å²) < 4.78 is 11.5. The molecule has 2 rings (SSSR count). The highest BCUT2D eigenvalue weighted by Gasteiger charge is 2.42. The first-order valence-corrected chi connectivity index (χ1v) is 5.54. The minimum absolute atomic E-state index is 0.00725. The molecule has 0 aliphatic carbocycles. The Labute approximate surface area is 89.4 Å². The second-order valence-electron chi connectivity index (χ2n) is 4.51. The van der Waals surface area contributed by atoms with Gasteiger partial charge in [0.15, 0.2) is 0 Å². The second kappa shape index (κ2) is 4.39. The average molecular weight is 211 g/mol. The van der Waals surface area contributed by atoms with Gasteiger partial charge in [0.05, 0.1) is 24.4 Å². The van der Waals surface area contributed by atoms with E-state index in [1.165, 1.54) is 0 Å². The highest BCUT2D eigenvalue weighted by atomic mass is 16.5. The largest absolute Gasteiger partial charge is 0.378 e. The van der Waals surface area contributed by atoms with Crippen LogP contribution in [0.4, 0.5) is 0 Å². The highest BCUT2D eigenvalue weighted by Crippen LogP contribution is 2.40. The lowest BCUT2D eigenvalue weighted by Crippen LogP contribution is -2.40. The molecule has 0 N–H and O–H groups in total. The molecule has 2 heterocycles. The van der Waals surface area contributed by atoms with Crippen molar-refractivity contribution in [1.82, 2.24) is 0 Å². The molecule has 0 aromatic heterocycles. The first-order chi connectivity index (χ1) is 7.24. The van der Waals surface area contributed by atoms with Crippen molar-refractivity contribution in [1.29, 1.82) is 0 Å². The van der Waals surface area contributed by atoms with E-state index < -0.39 is 0 Å². The van der Waals surface area contributed by atoms with Gasteiger partial charge in [0.25, 0.3) is 0 Å². The first-order valence-electron chi connectivity index (χ1n) is 5.54. The quantitative estimate of drug-likeness (QED) is 0.400. The van der Waals surface area contributed by atoms with Gasteiger partial charge in [-0.3, -0.25) is 0 Å². The predicted molar refractivity (Wildman–Crippen MR) is 55.5 cm³/mol. The van der Waals surface area contributed by atoms with Crippen LogP contribution in [0.3, 0.4) is 0 Å². The lowest BCUT2D eigenvalue weighted by molar-refractivity contribution is -0.125. The predicted octanol–water partition coefficient (Wildman–Crippen LogP) is 2.41. The Hall–Kier alpha value is -0.770. The molecule has 2 aliphatic rings. The van der Waals surface area contributed by atoms with E-state index in [1.54, 1.807) is 0 Å². The summed E-state index contributed by atoms with van der Waals surface area (Å²) in [6, 6.07) is 0. The molecular weight excluding hydrogens is 194 g/mol. The summed E-state index contributed by atoms with van der Waals surface area (Å²) in [6.07, 6.45) is 4.44. The standard InChI is InChI=1S/C10H17N3O2/c1-8-6-10(4-5-14-8)3-2-9(15-10)7-12-13-11/h8-9H,2-7H2,1H3/t8-,9-,10-/m1/s1. The molecule has 0 bridgehead atoms. The zero-order valence-electron chi connectivity index (χ0n) is 9.06. The van der Waals surface area contributed by atoms with Gasteiger partial charge < -0.3 is 9.47 Å². The maximum Gasteiger partial charge on any atom is 0.0733 e. The van der Waals surface area contributed by atoms with E-state index in [9.17, 15) is 0 Å². The number of hydrogen-bond acceptors (Lipinski definition) is 3. The maximum atomic E-state index is 8.25. The fourth-order valence-electron chi connectivity index (χ4n) is 2.62. The molecule has 0 aromatic carbocycles. The molecule has 2 aliphatic heterocycles. The van der Waals surface area contributed by atoms with Gasteiger partial charge in [-0.1, -0.05) is 5.11 Å². The summed E-state index contributed by atoms with van der Waals surface area (Å²) in [4.78, 5) is 2.77. The van der Waals surface area contributed by atoms with Crippen LogP contribution in [-0.2, 0) is 9.47 Å². The Morgan fingerprint density at radius 2 is 2.40 bits per heavy atom. The summed E-state index contributed by atoms with van der Waals surface area (Å²) in [5, 5.41) is 3.58. The molecule has 0 saturated carbocycles. The Bertz CT molecular complexity index is 278. The van der Waals surface area contributed by atoms with Crippen LogP contribution in [0.2, 0.25) is 0 Å². The summed E-state index contributed by atoms with van der Waals surface area (Å²) in [5.74, 6) is 0. The Morgan fingerprint density at radius 1 is 1.53 bits per heavy atom. The molecule has 1 spiro atoms. The van der Waals surface area contributed by atoms with E-state index in [2.05, 4.69) is 16.9 Å². The monoisotopic (exact) mass is 211 g/mol. The third kappa shape index (κ3) is 2.43. The number of nitrogens with zero attached hydrogens (tertiary/aromatic N) is 3. The molecule has 0 amide bonds. The lowest BCUT2D eigenvalue weighted by atomic mass is 9.88. The normalized spacial score (nSPS) is 40.3. The molecule has 0 unspecified atom stereocenters. The second-order valence-corrected chi connectivity index (χ2v) is 4.51. The molecule has 3 atom stereocenters. The Morgan fingerprint density at radius 3 is 3.13 bits per heavy atom. The van der Waals surface area contributed by atoms with Crippen molar-refractivity contribution in [3.63, 3.8) is 0 Å². The Kier molecular flexibility index (Phi) is 3.14. The number of azide groups is 1. The fourth-order valence-corrected chi connectivity index (χ4v) is 2.62. The lowest BCUT2D eigenvalue weighted by Gasteiger charge is -2.36. The summed E-state index contributed by atoms with van der Waals surface area (Å²) in [5.41, 5.74) is 8.26. The van der Waals surface area contributed by atoms with E-state index >= 15 is 0 Å². The highest BCUT2D eigenvalue weighted by molar-refractivity contribution is 4.93. The average Bonchev–Trinajstić information content (AvgIpc) is 2.58. The van der Waals surface area contributed by atoms with Gasteiger partial charge >= 0.3 is 0 Å². The van der Waals surface area contributed by atoms with Crippen LogP contribution >= 0.6 is 0 Å². The van der Waals surface area contributed by atoms with E-state index in [4.69, 9.17) is 15.0 Å². The molecule has 0 aromatic rings. The van der Waals surface area contributed by atoms with Crippen molar-refractivity contribution in [3.05, 3.63) is 10.4 Å². The van der Waals surface area contributed by atoms with Gasteiger partial charge in [0, 0.05) is 17.9 Å². The molecule has 5 nitrogen and oxygen atoms in total. The third-order valence-corrected chi connectivity index (χ3v) is 3.31. The summed E-state index contributed by atoms with van der Waals surface area (Å²) >= 11 is 0. The third-order valence-electron chi connectivity index (χ3n) is 3.31. The van der Waals surface area contributed by atoms with E-state index in [0.29, 0.717) is 6.54 Å². The topological polar surface area (TPSA) is 67.2 Å². The van der Waals surface area contributed by atoms with Crippen LogP contribution in [0.25, 0.3) is 10.4 Å². The summed E-state index contributed by atoms with van der Waals surface area (Å²) in [6.45, 7) is 3.34. The molecular formula is C10H17N3O2. The molecule has 2 fully saturated rings. The van der Waals surface area contributed by atoms with Crippen molar-refractivity contribution >= 4 is 0 Å². The van der Waals surface area contributed by atoms with Crippen molar-refractivity contribution in [3.8, 4) is 0 Å². The van der Waals surface area contributed by atoms with Gasteiger partial charge in [0.2, 0.25) is 0 Å². The smallest absolute Gasteiger partial charge is 0.0733 e. The maximum absolute atomic E-state index is 8.25. The van der Waals surface area contributed by atoms with Crippen molar-refractivity contribution < 1.29 is 9.47 Å². The van der Waals surface area contributed by atoms with E-state index in [0.717, 1.165) is 32.3 Å². The van der Waals surface area contributed by atoms with Gasteiger partial charge in [-0.05, 0) is 31.7 Å². The van der Waals surface area contributed by atoms with Crippen LogP contribution in [0, 0.1) is 0 Å². The van der Waals surface area contributed by atoms with Crippen molar-refractivity contribution in [2.75, 3.05) is 13.2 Å². The first kappa shape index (κ1) is 10.7. The van der Waals surface area contributed by atoms with Crippen molar-refractivity contribution in [2.45, 2.75) is 50.4 Å². The van der Waals surface area contributed by atoms with Crippen molar-refractivity contribution in [2.24, 2.45) is 5.11 Å². The van der Waals surface area contributed by atoms with Crippen LogP contribution < -0.4 is 0 Å². The zero-order chi connectivity index (χ0) is 10.7. The SMILES string of the molecule is C[C@@H]1C[C@]2(CCO1)CC[C@H](CN=[N+]=[N-])O2. The molecule has 0 radical (unpaired) electrons. The van der Waals surface area contributed by atoms with E-state index in [-0.39, 0.29) is 17.8 Å². The zero-order valence-corrected chi connectivity index (χ0v) is 9.06. The van der Waals surface area contributed by atoms with Crippen LogP contribution in [0.1, 0.15) is 32.6 Å². The summed E-state index contributed by atoms with van der Waals surface area (Å²) in [7, 11) is 0. The number of ether oxygens (including phenoxy) is 2. The minimum atomic E-state index is 0.00725. The van der Waals surface area contributed by atoms with Gasteiger partial charge in [-0.15, -0.1) is 0 Å². The van der Waals surface area contributed by atoms with Gasteiger partial charge in [0.1, 0.15) is 0 Å². The van der Waals surface area contributed by atoms with Gasteiger partial charge in [-0.25, -0.2) is 0 Å². The van der Waals surface area contributed by atoms with E-state index in [1.807, 2.05) is 0 Å². The Balaban J connectivity index is 1.92. The van der Waals surface area contributed by atoms with Crippen LogP contribution in [0.15, 0.2) is 5.11 Å². The number of rotatable bonds is 2. The van der Waals surface area contributed by atoms with Gasteiger partial charge in [-0.2, -0.15) is 0 Å². The fraction of sp³-hybridized carbons (Fsp3) is 1.00. The molecule has 84 valence electrons. The minimum Gasteiger partial charge on any atom is -0.378 e. The van der Waals surface area contributed by atoms with Crippen LogP contribution in [0.5, 0.6) is 0 Å². The van der Waals surface area contributed by atoms with Crippen LogP contribution in [-0.4, -0.2) is 31.0 Å².